The van der Waals surface area contributed by atoms with Crippen molar-refractivity contribution in [3.05, 3.63) is 0 Å². The van der Waals surface area contributed by atoms with Gasteiger partial charge in [0.25, 0.3) is 5.91 Å². The van der Waals surface area contributed by atoms with Crippen LogP contribution in [0, 0.1) is 0 Å². The van der Waals surface area contributed by atoms with E-state index in [1.54, 1.807) is 7.05 Å². The molecule has 7 heteroatoms. The van der Waals surface area contributed by atoms with Crippen molar-refractivity contribution in [3.63, 3.8) is 0 Å². The van der Waals surface area contributed by atoms with E-state index in [0.29, 0.717) is 0 Å². The first kappa shape index (κ1) is 9.26. The first-order valence-electron chi connectivity index (χ1n) is 4.06. The molecule has 1 fully saturated rings. The van der Waals surface area contributed by atoms with Crippen LogP contribution in [0.25, 0.3) is 0 Å². The minimum atomic E-state index is -0.546. The second-order valence-electron chi connectivity index (χ2n) is 3.25. The molecule has 0 spiro atoms. The Morgan fingerprint density at radius 1 is 1.43 bits per heavy atom. The minimum absolute atomic E-state index is 0.170. The van der Waals surface area contributed by atoms with Gasteiger partial charge in [-0.2, -0.15) is 0 Å². The molecule has 0 bridgehead atoms. The number of amides is 3. The van der Waals surface area contributed by atoms with Crippen molar-refractivity contribution in [2.24, 2.45) is 4.99 Å². The molecule has 6 nitrogen and oxygen atoms in total. The molecule has 0 saturated carbocycles. The number of aliphatic imine (C=N–C) groups is 1. The van der Waals surface area contributed by atoms with Gasteiger partial charge in [-0.25, -0.2) is 9.79 Å². The largest absolute Gasteiger partial charge is 0.345 e. The summed E-state index contributed by atoms with van der Waals surface area (Å²) in [5.41, 5.74) is 0. The zero-order chi connectivity index (χ0) is 10.5. The van der Waals surface area contributed by atoms with Gasteiger partial charge in [-0.05, 0) is 11.6 Å². The molecule has 0 aromatic carbocycles. The molecule has 2 aliphatic rings. The average Bonchev–Trinajstić information content (AvgIpc) is 2.54. The lowest BCUT2D eigenvalue weighted by molar-refractivity contribution is -0.133. The highest BCUT2D eigenvalue weighted by molar-refractivity contribution is 6.65. The molecule has 14 heavy (non-hydrogen) atoms. The highest BCUT2D eigenvalue weighted by atomic mass is 35.5. The summed E-state index contributed by atoms with van der Waals surface area (Å²) in [5.74, 6) is -0.308. The van der Waals surface area contributed by atoms with Crippen LogP contribution in [-0.4, -0.2) is 53.3 Å². The molecule has 2 atom stereocenters. The monoisotopic (exact) mass is 216 g/mol. The number of hydrogen-bond donors (Lipinski definition) is 1. The smallest absolute Gasteiger partial charge is 0.328 e. The Labute approximate surface area is 85.5 Å². The Morgan fingerprint density at radius 2 is 2.07 bits per heavy atom. The topological polar surface area (TPSA) is 65.0 Å². The maximum Gasteiger partial charge on any atom is 0.328 e. The van der Waals surface area contributed by atoms with Gasteiger partial charge in [0.15, 0.2) is 11.5 Å². The van der Waals surface area contributed by atoms with Crippen molar-refractivity contribution in [3.8, 4) is 0 Å². The van der Waals surface area contributed by atoms with Crippen molar-refractivity contribution in [1.29, 1.82) is 0 Å². The van der Waals surface area contributed by atoms with Gasteiger partial charge in [-0.15, -0.1) is 0 Å². The number of amidine groups is 1. The van der Waals surface area contributed by atoms with E-state index in [4.69, 9.17) is 11.6 Å². The zero-order valence-corrected chi connectivity index (χ0v) is 8.45. The number of carbonyl (C=O) groups is 2. The van der Waals surface area contributed by atoms with Crippen LogP contribution in [0.1, 0.15) is 0 Å². The molecule has 2 heterocycles. The number of halogens is 1. The Bertz CT molecular complexity index is 343. The van der Waals surface area contributed by atoms with Crippen LogP contribution in [0.5, 0.6) is 0 Å². The van der Waals surface area contributed by atoms with Crippen molar-refractivity contribution >= 4 is 28.8 Å². The van der Waals surface area contributed by atoms with Gasteiger partial charge < -0.3 is 10.2 Å². The normalized spacial score (nSPS) is 31.5. The summed E-state index contributed by atoms with van der Waals surface area (Å²) in [5, 5.41) is 2.89. The van der Waals surface area contributed by atoms with Gasteiger partial charge in [-0.3, -0.25) is 9.69 Å². The van der Waals surface area contributed by atoms with Gasteiger partial charge in [0, 0.05) is 14.1 Å². The predicted octanol–water partition coefficient (Wildman–Crippen LogP) is -0.597. The summed E-state index contributed by atoms with van der Waals surface area (Å²) in [6, 6.07) is -0.914. The number of urea groups is 1. The third-order valence-corrected chi connectivity index (χ3v) is 2.61. The van der Waals surface area contributed by atoms with Crippen LogP contribution in [0.4, 0.5) is 4.79 Å². The van der Waals surface area contributed by atoms with E-state index in [1.807, 2.05) is 0 Å². The number of carbonyl (C=O) groups excluding carboxylic acids is 2. The van der Waals surface area contributed by atoms with E-state index in [9.17, 15) is 9.59 Å². The summed E-state index contributed by atoms with van der Waals surface area (Å²) in [6.07, 6.45) is -0.515. The van der Waals surface area contributed by atoms with Gasteiger partial charge in [0.1, 0.15) is 6.04 Å². The van der Waals surface area contributed by atoms with E-state index in [2.05, 4.69) is 10.3 Å². The summed E-state index contributed by atoms with van der Waals surface area (Å²) in [7, 11) is 3.02. The lowest BCUT2D eigenvalue weighted by atomic mass is 10.1. The minimum Gasteiger partial charge on any atom is -0.345 e. The lowest BCUT2D eigenvalue weighted by Crippen LogP contribution is -2.63. The Balaban J connectivity index is 2.34. The molecule has 2 unspecified atom stereocenters. The molecule has 76 valence electrons. The summed E-state index contributed by atoms with van der Waals surface area (Å²) in [4.78, 5) is 29.5. The Morgan fingerprint density at radius 3 is 2.71 bits per heavy atom. The van der Waals surface area contributed by atoms with Gasteiger partial charge in [-0.1, -0.05) is 0 Å². The second-order valence-corrected chi connectivity index (χ2v) is 3.60. The molecule has 2 aliphatic heterocycles. The fourth-order valence-electron chi connectivity index (χ4n) is 1.58. The first-order chi connectivity index (χ1) is 6.52. The Hall–Kier alpha value is -1.30. The van der Waals surface area contributed by atoms with Crippen molar-refractivity contribution in [1.82, 2.24) is 15.1 Å². The van der Waals surface area contributed by atoms with Gasteiger partial charge in [0.05, 0.1) is 0 Å². The van der Waals surface area contributed by atoms with Gasteiger partial charge in [0.2, 0.25) is 0 Å². The lowest BCUT2D eigenvalue weighted by Gasteiger charge is -2.36. The predicted molar refractivity (Wildman–Crippen MR) is 49.9 cm³/mol. The molecule has 0 radical (unpaired) electrons. The number of hydrogen-bond acceptors (Lipinski definition) is 4. The molecule has 1 N–H and O–H groups in total. The quantitative estimate of drug-likeness (QED) is 0.550. The third kappa shape index (κ3) is 1.07. The second kappa shape index (κ2) is 2.84. The van der Waals surface area contributed by atoms with Crippen LogP contribution in [0.2, 0.25) is 0 Å². The van der Waals surface area contributed by atoms with Crippen LogP contribution in [0.15, 0.2) is 4.99 Å². The molecular weight excluding hydrogens is 208 g/mol. The standard InChI is InChI=1S/C7H9ClN4O2/c1-11-4-3(9-6(8)10-4)5(13)12(2)7(11)14/h3-4H,1-2H3,(H,9,10). The number of nitrogens with one attached hydrogen (secondary N) is 1. The van der Waals surface area contributed by atoms with E-state index >= 15 is 0 Å². The molecule has 0 aromatic rings. The number of nitrogens with zero attached hydrogens (tertiary/aromatic N) is 3. The summed E-state index contributed by atoms with van der Waals surface area (Å²) in [6.45, 7) is 0. The third-order valence-electron chi connectivity index (χ3n) is 2.40. The number of likely N-dealkylation sites (N-methyl/N-ethyl adjacent to an activating group) is 2. The average molecular weight is 217 g/mol. The maximum atomic E-state index is 11.6. The fraction of sp³-hybridized carbons (Fsp3) is 0.571. The van der Waals surface area contributed by atoms with E-state index in [1.165, 1.54) is 11.9 Å². The number of rotatable bonds is 0. The van der Waals surface area contributed by atoms with Crippen LogP contribution >= 0.6 is 11.6 Å². The zero-order valence-electron chi connectivity index (χ0n) is 7.69. The van der Waals surface area contributed by atoms with Crippen molar-refractivity contribution in [2.75, 3.05) is 14.1 Å². The first-order valence-corrected chi connectivity index (χ1v) is 4.44. The highest BCUT2D eigenvalue weighted by Crippen LogP contribution is 2.20. The molecule has 0 aromatic heterocycles. The van der Waals surface area contributed by atoms with E-state index in [-0.39, 0.29) is 17.2 Å². The highest BCUT2D eigenvalue weighted by Gasteiger charge is 2.46. The number of fused-ring (bicyclic) bond motifs is 1. The molecule has 3 amide bonds. The Kier molecular flexibility index (Phi) is 1.88. The van der Waals surface area contributed by atoms with Crippen molar-refractivity contribution in [2.45, 2.75) is 12.2 Å². The molecule has 2 rings (SSSR count). The van der Waals surface area contributed by atoms with Crippen LogP contribution < -0.4 is 5.32 Å². The van der Waals surface area contributed by atoms with E-state index in [0.717, 1.165) is 4.90 Å². The molecule has 0 aliphatic carbocycles. The van der Waals surface area contributed by atoms with Crippen LogP contribution in [-0.2, 0) is 4.79 Å². The SMILES string of the molecule is CN1C(=O)C2NC(Cl)=NC2N(C)C1=O. The maximum absolute atomic E-state index is 11.6. The van der Waals surface area contributed by atoms with Crippen LogP contribution in [0.3, 0.4) is 0 Å². The number of imide groups is 1. The molecular formula is C7H9ClN4O2. The van der Waals surface area contributed by atoms with Gasteiger partial charge >= 0.3 is 6.03 Å². The summed E-state index contributed by atoms with van der Waals surface area (Å²) < 4.78 is 0. The van der Waals surface area contributed by atoms with E-state index < -0.39 is 12.2 Å². The van der Waals surface area contributed by atoms with Crippen molar-refractivity contribution < 1.29 is 9.59 Å². The fourth-order valence-corrected chi connectivity index (χ4v) is 1.80. The molecule has 1 saturated heterocycles. The summed E-state index contributed by atoms with van der Waals surface area (Å²) >= 11 is 5.64.